The second-order valence-corrected chi connectivity index (χ2v) is 5.63. The molecule has 1 amide bonds. The molecule has 1 aliphatic heterocycles. The number of hydrogen-bond acceptors (Lipinski definition) is 4. The molecule has 1 saturated heterocycles. The van der Waals surface area contributed by atoms with Gasteiger partial charge in [-0.05, 0) is 40.0 Å². The number of amides is 1. The minimum atomic E-state index is -0.502. The summed E-state index contributed by atoms with van der Waals surface area (Å²) in [6, 6.07) is -0.158. The standard InChI is InChI=1S/C12H22N2O3/c1-8-6-7-14(10(8)9(2)13-16)11(15)17-12(3,4)5/h8,10,16H,6-7H2,1-5H3/b13-9+/t8-,10-/m0/s1. The van der Waals surface area contributed by atoms with E-state index in [9.17, 15) is 4.79 Å². The molecule has 0 aromatic carbocycles. The second-order valence-electron chi connectivity index (χ2n) is 5.63. The van der Waals surface area contributed by atoms with E-state index in [0.29, 0.717) is 18.2 Å². The Bertz CT molecular complexity index is 320. The van der Waals surface area contributed by atoms with Crippen molar-refractivity contribution in [3.05, 3.63) is 0 Å². The average molecular weight is 242 g/mol. The maximum absolute atomic E-state index is 12.0. The van der Waals surface area contributed by atoms with E-state index in [1.807, 2.05) is 27.7 Å². The average Bonchev–Trinajstić information content (AvgIpc) is 2.56. The summed E-state index contributed by atoms with van der Waals surface area (Å²) in [4.78, 5) is 13.6. The summed E-state index contributed by atoms with van der Waals surface area (Å²) in [7, 11) is 0. The predicted molar refractivity (Wildman–Crippen MR) is 65.4 cm³/mol. The van der Waals surface area contributed by atoms with Crippen molar-refractivity contribution in [3.8, 4) is 0 Å². The van der Waals surface area contributed by atoms with E-state index in [-0.39, 0.29) is 12.1 Å². The molecular formula is C12H22N2O3. The van der Waals surface area contributed by atoms with E-state index in [4.69, 9.17) is 9.94 Å². The topological polar surface area (TPSA) is 62.1 Å². The van der Waals surface area contributed by atoms with E-state index in [1.54, 1.807) is 11.8 Å². The lowest BCUT2D eigenvalue weighted by atomic mass is 9.99. The Labute approximate surface area is 102 Å². The summed E-state index contributed by atoms with van der Waals surface area (Å²) in [5, 5.41) is 12.1. The van der Waals surface area contributed by atoms with Gasteiger partial charge in [0, 0.05) is 6.54 Å². The van der Waals surface area contributed by atoms with Crippen molar-refractivity contribution in [2.45, 2.75) is 52.7 Å². The zero-order valence-corrected chi connectivity index (χ0v) is 11.2. The van der Waals surface area contributed by atoms with Crippen LogP contribution in [-0.4, -0.2) is 40.1 Å². The Morgan fingerprint density at radius 2 is 2.06 bits per heavy atom. The van der Waals surface area contributed by atoms with Crippen LogP contribution >= 0.6 is 0 Å². The van der Waals surface area contributed by atoms with E-state index < -0.39 is 5.60 Å². The van der Waals surface area contributed by atoms with Crippen LogP contribution in [0.5, 0.6) is 0 Å². The SMILES string of the molecule is C/C(=N\O)[C@@H]1[C@@H](C)CCN1C(=O)OC(C)(C)C. The Kier molecular flexibility index (Phi) is 4.01. The molecule has 98 valence electrons. The van der Waals surface area contributed by atoms with Gasteiger partial charge in [-0.15, -0.1) is 0 Å². The summed E-state index contributed by atoms with van der Waals surface area (Å²) in [6.45, 7) is 9.94. The van der Waals surface area contributed by atoms with Gasteiger partial charge in [-0.2, -0.15) is 0 Å². The van der Waals surface area contributed by atoms with Crippen molar-refractivity contribution in [2.75, 3.05) is 6.54 Å². The van der Waals surface area contributed by atoms with Gasteiger partial charge in [0.25, 0.3) is 0 Å². The van der Waals surface area contributed by atoms with Crippen LogP contribution in [-0.2, 0) is 4.74 Å². The smallest absolute Gasteiger partial charge is 0.410 e. The van der Waals surface area contributed by atoms with Gasteiger partial charge in [0.2, 0.25) is 0 Å². The first-order valence-corrected chi connectivity index (χ1v) is 5.94. The third kappa shape index (κ3) is 3.35. The quantitative estimate of drug-likeness (QED) is 0.436. The van der Waals surface area contributed by atoms with E-state index in [0.717, 1.165) is 6.42 Å². The van der Waals surface area contributed by atoms with Crippen LogP contribution in [0.25, 0.3) is 0 Å². The largest absolute Gasteiger partial charge is 0.444 e. The van der Waals surface area contributed by atoms with Crippen molar-refractivity contribution in [1.82, 2.24) is 4.90 Å². The van der Waals surface area contributed by atoms with E-state index in [1.165, 1.54) is 0 Å². The maximum Gasteiger partial charge on any atom is 0.410 e. The van der Waals surface area contributed by atoms with Crippen molar-refractivity contribution in [3.63, 3.8) is 0 Å². The lowest BCUT2D eigenvalue weighted by Crippen LogP contribution is -2.44. The second kappa shape index (κ2) is 4.94. The molecule has 0 radical (unpaired) electrons. The first kappa shape index (κ1) is 13.8. The number of rotatable bonds is 1. The van der Waals surface area contributed by atoms with Crippen LogP contribution in [0.2, 0.25) is 0 Å². The van der Waals surface area contributed by atoms with Gasteiger partial charge < -0.3 is 9.94 Å². The van der Waals surface area contributed by atoms with Crippen molar-refractivity contribution in [2.24, 2.45) is 11.1 Å². The number of nitrogens with zero attached hydrogens (tertiary/aromatic N) is 2. The van der Waals surface area contributed by atoms with Crippen LogP contribution in [0.1, 0.15) is 41.0 Å². The Morgan fingerprint density at radius 3 is 2.53 bits per heavy atom. The minimum Gasteiger partial charge on any atom is -0.444 e. The zero-order valence-electron chi connectivity index (χ0n) is 11.2. The highest BCUT2D eigenvalue weighted by Crippen LogP contribution is 2.26. The van der Waals surface area contributed by atoms with Crippen molar-refractivity contribution in [1.29, 1.82) is 0 Å². The van der Waals surface area contributed by atoms with Gasteiger partial charge in [-0.25, -0.2) is 4.79 Å². The van der Waals surface area contributed by atoms with E-state index >= 15 is 0 Å². The van der Waals surface area contributed by atoms with Gasteiger partial charge in [0.05, 0.1) is 11.8 Å². The third-order valence-corrected chi connectivity index (χ3v) is 2.91. The lowest BCUT2D eigenvalue weighted by Gasteiger charge is -2.29. The summed E-state index contributed by atoms with van der Waals surface area (Å²) in [6.07, 6.45) is 0.561. The molecule has 17 heavy (non-hydrogen) atoms. The molecule has 0 saturated carbocycles. The Balaban J connectivity index is 2.79. The number of carbonyl (C=O) groups is 1. The number of oxime groups is 1. The highest BCUT2D eigenvalue weighted by molar-refractivity contribution is 5.90. The molecule has 1 rings (SSSR count). The number of ether oxygens (including phenoxy) is 1. The fourth-order valence-corrected chi connectivity index (χ4v) is 2.17. The number of hydrogen-bond donors (Lipinski definition) is 1. The van der Waals surface area contributed by atoms with Gasteiger partial charge in [0.15, 0.2) is 0 Å². The summed E-state index contributed by atoms with van der Waals surface area (Å²) in [5.41, 5.74) is 0.0541. The first-order chi connectivity index (χ1) is 7.76. The van der Waals surface area contributed by atoms with Crippen molar-refractivity contribution >= 4 is 11.8 Å². The fraction of sp³-hybridized carbons (Fsp3) is 0.833. The highest BCUT2D eigenvalue weighted by atomic mass is 16.6. The van der Waals surface area contributed by atoms with Crippen LogP contribution in [0.15, 0.2) is 5.16 Å². The number of carbonyl (C=O) groups excluding carboxylic acids is 1. The van der Waals surface area contributed by atoms with Crippen LogP contribution in [0.4, 0.5) is 4.79 Å². The number of likely N-dealkylation sites (tertiary alicyclic amines) is 1. The molecule has 5 nitrogen and oxygen atoms in total. The van der Waals surface area contributed by atoms with Crippen LogP contribution < -0.4 is 0 Å². The molecule has 0 aromatic rings. The van der Waals surface area contributed by atoms with Crippen molar-refractivity contribution < 1.29 is 14.7 Å². The first-order valence-electron chi connectivity index (χ1n) is 5.94. The molecule has 1 N–H and O–H groups in total. The summed E-state index contributed by atoms with van der Waals surface area (Å²) >= 11 is 0. The third-order valence-electron chi connectivity index (χ3n) is 2.91. The maximum atomic E-state index is 12.0. The Morgan fingerprint density at radius 1 is 1.47 bits per heavy atom. The highest BCUT2D eigenvalue weighted by Gasteiger charge is 2.38. The van der Waals surface area contributed by atoms with Gasteiger partial charge in [0.1, 0.15) is 5.60 Å². The lowest BCUT2D eigenvalue weighted by molar-refractivity contribution is 0.0254. The van der Waals surface area contributed by atoms with Crippen LogP contribution in [0, 0.1) is 5.92 Å². The normalized spacial score (nSPS) is 26.2. The molecule has 2 atom stereocenters. The fourth-order valence-electron chi connectivity index (χ4n) is 2.17. The van der Waals surface area contributed by atoms with E-state index in [2.05, 4.69) is 5.16 Å². The molecule has 5 heteroatoms. The molecule has 0 bridgehead atoms. The molecule has 1 heterocycles. The molecule has 0 spiro atoms. The minimum absolute atomic E-state index is 0.158. The molecular weight excluding hydrogens is 220 g/mol. The summed E-state index contributed by atoms with van der Waals surface area (Å²) < 4.78 is 5.35. The molecule has 0 aromatic heterocycles. The van der Waals surface area contributed by atoms with Gasteiger partial charge in [-0.3, -0.25) is 4.90 Å². The predicted octanol–water partition coefficient (Wildman–Crippen LogP) is 2.48. The molecule has 0 aliphatic carbocycles. The van der Waals surface area contributed by atoms with Crippen LogP contribution in [0.3, 0.4) is 0 Å². The van der Waals surface area contributed by atoms with Gasteiger partial charge >= 0.3 is 6.09 Å². The Hall–Kier alpha value is -1.26. The molecule has 1 aliphatic rings. The molecule has 0 unspecified atom stereocenters. The van der Waals surface area contributed by atoms with Gasteiger partial charge in [-0.1, -0.05) is 12.1 Å². The summed E-state index contributed by atoms with van der Waals surface area (Å²) in [5.74, 6) is 0.290. The monoisotopic (exact) mass is 242 g/mol. The zero-order chi connectivity index (χ0) is 13.2. The molecule has 1 fully saturated rings.